The first kappa shape index (κ1) is 21.1. The van der Waals surface area contributed by atoms with Gasteiger partial charge in [-0.05, 0) is 38.1 Å². The molecule has 12 heteroatoms. The second kappa shape index (κ2) is 8.55. The highest BCUT2D eigenvalue weighted by Gasteiger charge is 2.23. The number of halogens is 1. The Kier molecular flexibility index (Phi) is 5.83. The van der Waals surface area contributed by atoms with Crippen molar-refractivity contribution in [1.29, 1.82) is 0 Å². The summed E-state index contributed by atoms with van der Waals surface area (Å²) in [5.74, 6) is -0.0217. The van der Waals surface area contributed by atoms with Gasteiger partial charge in [0, 0.05) is 18.1 Å². The topological polar surface area (TPSA) is 107 Å². The standard InChI is InChI=1S/C19H19FN6O3S2/c1-3-31(27,28)26(15-6-4-14(5-7-15)25-9-8-21-12-25)11-17-22-10-16(30-17)19-24-23-18(29-19)13(2)20/h4-10,12-13H,3,11H2,1-2H3. The van der Waals surface area contributed by atoms with Crippen LogP contribution < -0.4 is 4.31 Å². The molecule has 3 aromatic heterocycles. The van der Waals surface area contributed by atoms with Crippen molar-refractivity contribution >= 4 is 27.0 Å². The Morgan fingerprint density at radius 2 is 2.03 bits per heavy atom. The van der Waals surface area contributed by atoms with E-state index in [1.807, 2.05) is 16.7 Å². The smallest absolute Gasteiger partial charge is 0.259 e. The van der Waals surface area contributed by atoms with Crippen molar-refractivity contribution in [2.45, 2.75) is 26.6 Å². The molecule has 1 aromatic carbocycles. The van der Waals surface area contributed by atoms with E-state index in [4.69, 9.17) is 4.42 Å². The van der Waals surface area contributed by atoms with Gasteiger partial charge in [0.2, 0.25) is 10.0 Å². The number of hydrogen-bond acceptors (Lipinski definition) is 8. The predicted molar refractivity (Wildman–Crippen MR) is 114 cm³/mol. The van der Waals surface area contributed by atoms with Crippen LogP contribution in [0.4, 0.5) is 10.1 Å². The molecular formula is C19H19FN6O3S2. The molecule has 0 fully saturated rings. The summed E-state index contributed by atoms with van der Waals surface area (Å²) in [6, 6.07) is 7.12. The van der Waals surface area contributed by atoms with Gasteiger partial charge in [-0.3, -0.25) is 4.31 Å². The normalized spacial score (nSPS) is 12.7. The van der Waals surface area contributed by atoms with Gasteiger partial charge >= 0.3 is 0 Å². The van der Waals surface area contributed by atoms with Crippen molar-refractivity contribution in [3.63, 3.8) is 0 Å². The van der Waals surface area contributed by atoms with Gasteiger partial charge in [-0.15, -0.1) is 21.5 Å². The van der Waals surface area contributed by atoms with E-state index in [0.29, 0.717) is 15.6 Å². The van der Waals surface area contributed by atoms with Crippen molar-refractivity contribution in [2.24, 2.45) is 0 Å². The van der Waals surface area contributed by atoms with E-state index >= 15 is 0 Å². The summed E-state index contributed by atoms with van der Waals surface area (Å²) in [5, 5.41) is 8.04. The molecule has 0 N–H and O–H groups in total. The van der Waals surface area contributed by atoms with Gasteiger partial charge in [0.15, 0.2) is 6.17 Å². The van der Waals surface area contributed by atoms with E-state index in [1.54, 1.807) is 37.8 Å². The lowest BCUT2D eigenvalue weighted by Crippen LogP contribution is -2.31. The molecule has 0 radical (unpaired) electrons. The fourth-order valence-electron chi connectivity index (χ4n) is 2.81. The molecule has 4 rings (SSSR count). The number of sulfonamides is 1. The molecule has 4 aromatic rings. The molecule has 0 saturated heterocycles. The SMILES string of the molecule is CCS(=O)(=O)N(Cc1ncc(-c2nnc(C(C)F)o2)s1)c1ccc(-n2ccnc2)cc1. The third kappa shape index (κ3) is 4.49. The zero-order valence-electron chi connectivity index (χ0n) is 16.7. The van der Waals surface area contributed by atoms with Gasteiger partial charge in [-0.1, -0.05) is 0 Å². The lowest BCUT2D eigenvalue weighted by Gasteiger charge is -2.23. The van der Waals surface area contributed by atoms with E-state index < -0.39 is 16.2 Å². The van der Waals surface area contributed by atoms with E-state index in [2.05, 4.69) is 20.2 Å². The molecule has 0 aliphatic heterocycles. The third-order valence-corrected chi connectivity index (χ3v) is 7.18. The average molecular weight is 463 g/mol. The van der Waals surface area contributed by atoms with Gasteiger partial charge in [-0.2, -0.15) is 0 Å². The van der Waals surface area contributed by atoms with E-state index in [0.717, 1.165) is 5.69 Å². The monoisotopic (exact) mass is 462 g/mol. The molecular weight excluding hydrogens is 443 g/mol. The summed E-state index contributed by atoms with van der Waals surface area (Å²) in [7, 11) is -3.56. The second-order valence-corrected chi connectivity index (χ2v) is 9.87. The number of imidazole rings is 1. The van der Waals surface area contributed by atoms with Crippen LogP contribution in [0.2, 0.25) is 0 Å². The quantitative estimate of drug-likeness (QED) is 0.392. The average Bonchev–Trinajstić information content (AvgIpc) is 3.53. The Bertz CT molecular complexity index is 1250. The predicted octanol–water partition coefficient (Wildman–Crippen LogP) is 3.77. The fourth-order valence-corrected chi connectivity index (χ4v) is 4.79. The Balaban J connectivity index is 1.60. The molecule has 1 unspecified atom stereocenters. The summed E-state index contributed by atoms with van der Waals surface area (Å²) in [5.41, 5.74) is 1.38. The number of alkyl halides is 1. The van der Waals surface area contributed by atoms with Crippen LogP contribution in [0.3, 0.4) is 0 Å². The lowest BCUT2D eigenvalue weighted by molar-refractivity contribution is 0.301. The van der Waals surface area contributed by atoms with Gasteiger partial charge in [0.1, 0.15) is 9.88 Å². The summed E-state index contributed by atoms with van der Waals surface area (Å²) in [6.07, 6.45) is 5.28. The van der Waals surface area contributed by atoms with Crippen molar-refractivity contribution < 1.29 is 17.2 Å². The maximum atomic E-state index is 13.3. The van der Waals surface area contributed by atoms with Gasteiger partial charge in [0.05, 0.1) is 30.5 Å². The van der Waals surface area contributed by atoms with Gasteiger partial charge in [0.25, 0.3) is 11.8 Å². The molecule has 0 spiro atoms. The minimum absolute atomic E-state index is 0.0474. The highest BCUT2D eigenvalue weighted by Crippen LogP contribution is 2.30. The molecule has 0 aliphatic rings. The molecule has 0 saturated carbocycles. The van der Waals surface area contributed by atoms with Gasteiger partial charge in [-0.25, -0.2) is 22.8 Å². The minimum atomic E-state index is -3.56. The Morgan fingerprint density at radius 1 is 1.26 bits per heavy atom. The van der Waals surface area contributed by atoms with E-state index in [9.17, 15) is 12.8 Å². The van der Waals surface area contributed by atoms with E-state index in [-0.39, 0.29) is 24.1 Å². The first-order chi connectivity index (χ1) is 14.9. The summed E-state index contributed by atoms with van der Waals surface area (Å²) >= 11 is 1.21. The summed E-state index contributed by atoms with van der Waals surface area (Å²) in [4.78, 5) is 8.85. The molecule has 0 amide bonds. The largest absolute Gasteiger partial charge is 0.417 e. The number of thiazole rings is 1. The van der Waals surface area contributed by atoms with Crippen LogP contribution in [0.15, 0.2) is 53.6 Å². The second-order valence-electron chi connectivity index (χ2n) is 6.57. The van der Waals surface area contributed by atoms with Crippen LogP contribution in [-0.4, -0.2) is 38.9 Å². The first-order valence-electron chi connectivity index (χ1n) is 9.38. The van der Waals surface area contributed by atoms with Crippen molar-refractivity contribution in [2.75, 3.05) is 10.1 Å². The van der Waals surface area contributed by atoms with Crippen LogP contribution in [0.25, 0.3) is 16.5 Å². The maximum absolute atomic E-state index is 13.3. The number of anilines is 1. The Hall–Kier alpha value is -3.12. The van der Waals surface area contributed by atoms with Crippen molar-refractivity contribution in [3.8, 4) is 16.5 Å². The van der Waals surface area contributed by atoms with Crippen molar-refractivity contribution in [1.82, 2.24) is 24.7 Å². The highest BCUT2D eigenvalue weighted by atomic mass is 32.2. The summed E-state index contributed by atoms with van der Waals surface area (Å²) < 4.78 is 47.3. The molecule has 1 atom stereocenters. The Labute approximate surface area is 182 Å². The summed E-state index contributed by atoms with van der Waals surface area (Å²) in [6.45, 7) is 2.94. The molecule has 9 nitrogen and oxygen atoms in total. The lowest BCUT2D eigenvalue weighted by atomic mass is 10.3. The molecule has 0 aliphatic carbocycles. The number of nitrogens with zero attached hydrogens (tertiary/aromatic N) is 6. The van der Waals surface area contributed by atoms with E-state index in [1.165, 1.54) is 28.8 Å². The molecule has 31 heavy (non-hydrogen) atoms. The highest BCUT2D eigenvalue weighted by molar-refractivity contribution is 7.92. The molecule has 162 valence electrons. The minimum Gasteiger partial charge on any atom is -0.417 e. The van der Waals surface area contributed by atoms with Crippen LogP contribution >= 0.6 is 11.3 Å². The maximum Gasteiger partial charge on any atom is 0.259 e. The van der Waals surface area contributed by atoms with Gasteiger partial charge < -0.3 is 8.98 Å². The molecule has 0 bridgehead atoms. The number of rotatable bonds is 8. The Morgan fingerprint density at radius 3 is 2.65 bits per heavy atom. The van der Waals surface area contributed by atoms with Crippen LogP contribution in [0.1, 0.15) is 30.9 Å². The molecule has 3 heterocycles. The first-order valence-corrected chi connectivity index (χ1v) is 11.8. The van der Waals surface area contributed by atoms with Crippen LogP contribution in [0.5, 0.6) is 0 Å². The fraction of sp³-hybridized carbons (Fsp3) is 0.263. The van der Waals surface area contributed by atoms with Crippen molar-refractivity contribution in [3.05, 3.63) is 60.1 Å². The number of aromatic nitrogens is 5. The van der Waals surface area contributed by atoms with Crippen LogP contribution in [0, 0.1) is 0 Å². The number of benzene rings is 1. The number of hydrogen-bond donors (Lipinski definition) is 0. The zero-order valence-corrected chi connectivity index (χ0v) is 18.3. The zero-order chi connectivity index (χ0) is 22.0. The third-order valence-electron chi connectivity index (χ3n) is 4.46. The van der Waals surface area contributed by atoms with Crippen LogP contribution in [-0.2, 0) is 16.6 Å².